The molecule has 0 saturated carbocycles. The topological polar surface area (TPSA) is 46.2 Å². The average molecular weight is 183 g/mol. The van der Waals surface area contributed by atoms with Crippen molar-refractivity contribution in [2.45, 2.75) is 12.5 Å². The van der Waals surface area contributed by atoms with Crippen molar-refractivity contribution < 1.29 is 5.11 Å². The van der Waals surface area contributed by atoms with Crippen molar-refractivity contribution in [3.8, 4) is 5.75 Å². The van der Waals surface area contributed by atoms with Crippen LogP contribution in [-0.4, -0.2) is 16.9 Å². The van der Waals surface area contributed by atoms with Gasteiger partial charge >= 0.3 is 0 Å². The van der Waals surface area contributed by atoms with E-state index in [9.17, 15) is 0 Å². The van der Waals surface area contributed by atoms with Crippen molar-refractivity contribution >= 4 is 12.6 Å². The Balaban J connectivity index is 2.58. The summed E-state index contributed by atoms with van der Waals surface area (Å²) in [7, 11) is 0. The van der Waals surface area contributed by atoms with E-state index in [0.717, 1.165) is 12.0 Å². The summed E-state index contributed by atoms with van der Waals surface area (Å²) in [6.07, 6.45) is 0.809. The van der Waals surface area contributed by atoms with Gasteiger partial charge in [-0.05, 0) is 24.1 Å². The Morgan fingerprint density at radius 2 is 1.92 bits per heavy atom. The summed E-state index contributed by atoms with van der Waals surface area (Å²) in [4.78, 5) is 0. The predicted molar refractivity (Wildman–Crippen MR) is 53.6 cm³/mol. The van der Waals surface area contributed by atoms with Gasteiger partial charge in [-0.25, -0.2) is 0 Å². The molecule has 1 atom stereocenters. The van der Waals surface area contributed by atoms with Crippen molar-refractivity contribution in [3.63, 3.8) is 0 Å². The summed E-state index contributed by atoms with van der Waals surface area (Å²) in [5.41, 5.74) is 6.84. The second-order valence-electron chi connectivity index (χ2n) is 2.81. The number of nitrogens with two attached hydrogens (primary N) is 1. The van der Waals surface area contributed by atoms with Crippen molar-refractivity contribution in [2.75, 3.05) is 5.75 Å². The van der Waals surface area contributed by atoms with Crippen LogP contribution in [0.25, 0.3) is 0 Å². The highest BCUT2D eigenvalue weighted by Crippen LogP contribution is 2.10. The first kappa shape index (κ1) is 9.42. The number of rotatable bonds is 3. The molecule has 1 aromatic carbocycles. The van der Waals surface area contributed by atoms with Crippen LogP contribution in [0, 0.1) is 0 Å². The summed E-state index contributed by atoms with van der Waals surface area (Å²) in [5, 5.41) is 9.00. The van der Waals surface area contributed by atoms with Crippen LogP contribution in [-0.2, 0) is 6.42 Å². The van der Waals surface area contributed by atoms with E-state index in [1.165, 1.54) is 0 Å². The van der Waals surface area contributed by atoms with Gasteiger partial charge in [-0.3, -0.25) is 0 Å². The third kappa shape index (κ3) is 2.75. The molecule has 66 valence electrons. The lowest BCUT2D eigenvalue weighted by Gasteiger charge is -2.07. The second-order valence-corrected chi connectivity index (χ2v) is 3.18. The van der Waals surface area contributed by atoms with Gasteiger partial charge in [-0.15, -0.1) is 0 Å². The molecule has 0 amide bonds. The first-order valence-corrected chi connectivity index (χ1v) is 4.50. The second kappa shape index (κ2) is 4.38. The summed E-state index contributed by atoms with van der Waals surface area (Å²) < 4.78 is 0. The molecule has 2 nitrogen and oxygen atoms in total. The number of hydrogen-bond acceptors (Lipinski definition) is 3. The molecule has 1 rings (SSSR count). The van der Waals surface area contributed by atoms with Gasteiger partial charge in [0.2, 0.25) is 0 Å². The van der Waals surface area contributed by atoms with E-state index in [0.29, 0.717) is 5.75 Å². The third-order valence-corrected chi connectivity index (χ3v) is 2.14. The molecule has 0 aliphatic carbocycles. The Hall–Kier alpha value is -0.670. The monoisotopic (exact) mass is 183 g/mol. The maximum atomic E-state index is 9.00. The Labute approximate surface area is 77.8 Å². The Kier molecular flexibility index (Phi) is 3.44. The average Bonchev–Trinajstić information content (AvgIpc) is 2.09. The lowest BCUT2D eigenvalue weighted by atomic mass is 10.1. The van der Waals surface area contributed by atoms with Crippen molar-refractivity contribution in [1.29, 1.82) is 0 Å². The highest BCUT2D eigenvalue weighted by atomic mass is 32.1. The first-order valence-electron chi connectivity index (χ1n) is 3.86. The largest absolute Gasteiger partial charge is 0.508 e. The number of phenolic OH excluding ortho intramolecular Hbond substituents is 1. The van der Waals surface area contributed by atoms with E-state index in [2.05, 4.69) is 12.6 Å². The van der Waals surface area contributed by atoms with Crippen LogP contribution in [0.3, 0.4) is 0 Å². The predicted octanol–water partition coefficient (Wildman–Crippen LogP) is 1.19. The zero-order valence-corrected chi connectivity index (χ0v) is 7.67. The highest BCUT2D eigenvalue weighted by molar-refractivity contribution is 7.80. The summed E-state index contributed by atoms with van der Waals surface area (Å²) in [6.45, 7) is 0. The Morgan fingerprint density at radius 1 is 1.33 bits per heavy atom. The molecule has 0 aromatic heterocycles. The molecule has 3 N–H and O–H groups in total. The fourth-order valence-corrected chi connectivity index (χ4v) is 1.13. The van der Waals surface area contributed by atoms with E-state index in [1.54, 1.807) is 12.1 Å². The molecule has 0 fully saturated rings. The van der Waals surface area contributed by atoms with Crippen LogP contribution < -0.4 is 5.73 Å². The zero-order valence-electron chi connectivity index (χ0n) is 6.77. The molecule has 3 heteroatoms. The molecule has 0 saturated heterocycles. The molecule has 0 unspecified atom stereocenters. The summed E-state index contributed by atoms with van der Waals surface area (Å²) >= 11 is 4.09. The van der Waals surface area contributed by atoms with Crippen LogP contribution in [0.4, 0.5) is 0 Å². The highest BCUT2D eigenvalue weighted by Gasteiger charge is 2.00. The third-order valence-electron chi connectivity index (χ3n) is 1.67. The zero-order chi connectivity index (χ0) is 8.97. The molecule has 12 heavy (non-hydrogen) atoms. The van der Waals surface area contributed by atoms with Crippen LogP contribution in [0.15, 0.2) is 24.3 Å². The van der Waals surface area contributed by atoms with E-state index < -0.39 is 0 Å². The standard InChI is InChI=1S/C9H13NOS/c10-8(6-12)5-7-1-3-9(11)4-2-7/h1-4,8,11-12H,5-6,10H2/t8-/m0/s1. The fraction of sp³-hybridized carbons (Fsp3) is 0.333. The van der Waals surface area contributed by atoms with Crippen molar-refractivity contribution in [3.05, 3.63) is 29.8 Å². The molecule has 0 bridgehead atoms. The van der Waals surface area contributed by atoms with Crippen LogP contribution in [0.5, 0.6) is 5.75 Å². The first-order chi connectivity index (χ1) is 5.72. The van der Waals surface area contributed by atoms with Crippen molar-refractivity contribution in [2.24, 2.45) is 5.73 Å². The summed E-state index contributed by atoms with van der Waals surface area (Å²) in [6, 6.07) is 7.18. The quantitative estimate of drug-likeness (QED) is 0.616. The molecule has 0 aliphatic rings. The van der Waals surface area contributed by atoms with Crippen LogP contribution in [0.2, 0.25) is 0 Å². The van der Waals surface area contributed by atoms with E-state index in [-0.39, 0.29) is 11.8 Å². The van der Waals surface area contributed by atoms with Crippen molar-refractivity contribution in [1.82, 2.24) is 0 Å². The molecular weight excluding hydrogens is 170 g/mol. The van der Waals surface area contributed by atoms with E-state index in [1.807, 2.05) is 12.1 Å². The number of benzene rings is 1. The van der Waals surface area contributed by atoms with Gasteiger partial charge in [-0.1, -0.05) is 12.1 Å². The number of aromatic hydroxyl groups is 1. The molecular formula is C9H13NOS. The Bertz CT molecular complexity index is 235. The number of hydrogen-bond donors (Lipinski definition) is 3. The van der Waals surface area contributed by atoms with Gasteiger partial charge in [-0.2, -0.15) is 12.6 Å². The van der Waals surface area contributed by atoms with Gasteiger partial charge < -0.3 is 10.8 Å². The van der Waals surface area contributed by atoms with Crippen LogP contribution >= 0.6 is 12.6 Å². The maximum absolute atomic E-state index is 9.00. The van der Waals surface area contributed by atoms with Crippen LogP contribution in [0.1, 0.15) is 5.56 Å². The SMILES string of the molecule is N[C@H](CS)Cc1ccc(O)cc1. The van der Waals surface area contributed by atoms with Gasteiger partial charge in [0.15, 0.2) is 0 Å². The molecule has 0 radical (unpaired) electrons. The minimum Gasteiger partial charge on any atom is -0.508 e. The maximum Gasteiger partial charge on any atom is 0.115 e. The smallest absolute Gasteiger partial charge is 0.115 e. The molecule has 0 spiro atoms. The lowest BCUT2D eigenvalue weighted by Crippen LogP contribution is -2.24. The Morgan fingerprint density at radius 3 is 2.42 bits per heavy atom. The van der Waals surface area contributed by atoms with Gasteiger partial charge in [0.05, 0.1) is 0 Å². The molecule has 0 heterocycles. The summed E-state index contributed by atoms with van der Waals surface area (Å²) in [5.74, 6) is 0.971. The lowest BCUT2D eigenvalue weighted by molar-refractivity contribution is 0.475. The minimum atomic E-state index is 0.0953. The number of thiol groups is 1. The van der Waals surface area contributed by atoms with E-state index >= 15 is 0 Å². The van der Waals surface area contributed by atoms with E-state index in [4.69, 9.17) is 10.8 Å². The fourth-order valence-electron chi connectivity index (χ4n) is 0.999. The molecule has 1 aromatic rings. The number of phenols is 1. The normalized spacial score (nSPS) is 12.8. The molecule has 0 aliphatic heterocycles. The minimum absolute atomic E-state index is 0.0953. The van der Waals surface area contributed by atoms with Gasteiger partial charge in [0.25, 0.3) is 0 Å². The van der Waals surface area contributed by atoms with Gasteiger partial charge in [0.1, 0.15) is 5.75 Å². The van der Waals surface area contributed by atoms with Gasteiger partial charge in [0, 0.05) is 11.8 Å².